The third kappa shape index (κ3) is 4.76. The molecule has 2 unspecified atom stereocenters. The highest BCUT2D eigenvalue weighted by molar-refractivity contribution is 7.93. The number of anilines is 1. The zero-order chi connectivity index (χ0) is 32.0. The highest BCUT2D eigenvalue weighted by Crippen LogP contribution is 2.54. The summed E-state index contributed by atoms with van der Waals surface area (Å²) in [5, 5.41) is 0.320. The van der Waals surface area contributed by atoms with Gasteiger partial charge in [0, 0.05) is 42.9 Å². The lowest BCUT2D eigenvalue weighted by Crippen LogP contribution is -2.64. The molecule has 0 aliphatic carbocycles. The molecule has 13 heteroatoms. The van der Waals surface area contributed by atoms with Crippen LogP contribution in [0.25, 0.3) is 0 Å². The number of benzene rings is 3. The molecule has 3 aromatic rings. The maximum Gasteiger partial charge on any atom is 0.274 e. The number of carbonyl (C=O) groups excluding carboxylic acids is 2. The summed E-state index contributed by atoms with van der Waals surface area (Å²) < 4.78 is 52.3. The van der Waals surface area contributed by atoms with E-state index in [1.807, 2.05) is 0 Å². The van der Waals surface area contributed by atoms with Gasteiger partial charge < -0.3 is 23.8 Å². The molecule has 0 radical (unpaired) electrons. The van der Waals surface area contributed by atoms with Crippen molar-refractivity contribution in [3.05, 3.63) is 76.3 Å². The SMILES string of the molecule is COc1ccc(S(=O)(=O)N2C(=O)C(c3ccccc3OC)(N3CCOCC3C(=O)N(C)C)c3cc(Cl)c(C)cc32)c(OC)c1. The summed E-state index contributed by atoms with van der Waals surface area (Å²) in [6, 6.07) is 13.3. The van der Waals surface area contributed by atoms with Crippen LogP contribution < -0.4 is 18.5 Å². The molecule has 0 aromatic heterocycles. The first-order valence-corrected chi connectivity index (χ1v) is 15.6. The summed E-state index contributed by atoms with van der Waals surface area (Å²) in [5.41, 5.74) is -0.558. The fourth-order valence-corrected chi connectivity index (χ4v) is 7.72. The molecule has 0 N–H and O–H groups in total. The summed E-state index contributed by atoms with van der Waals surface area (Å²) in [6.07, 6.45) is 0. The predicted octanol–water partition coefficient (Wildman–Crippen LogP) is 3.44. The highest BCUT2D eigenvalue weighted by atomic mass is 35.5. The fraction of sp³-hybridized carbons (Fsp3) is 0.355. The Morgan fingerprint density at radius 1 is 1.00 bits per heavy atom. The number of para-hydroxylation sites is 1. The van der Waals surface area contributed by atoms with Gasteiger partial charge in [-0.05, 0) is 42.8 Å². The molecule has 2 heterocycles. The molecule has 2 aliphatic heterocycles. The van der Waals surface area contributed by atoms with Gasteiger partial charge in [0.15, 0.2) is 5.54 Å². The van der Waals surface area contributed by atoms with Gasteiger partial charge in [-0.1, -0.05) is 29.8 Å². The van der Waals surface area contributed by atoms with E-state index >= 15 is 4.79 Å². The number of hydrogen-bond donors (Lipinski definition) is 0. The van der Waals surface area contributed by atoms with Gasteiger partial charge in [0.05, 0.1) is 40.2 Å². The summed E-state index contributed by atoms with van der Waals surface area (Å²) in [6.45, 7) is 2.02. The predicted molar refractivity (Wildman–Crippen MR) is 164 cm³/mol. The minimum Gasteiger partial charge on any atom is -0.497 e. The van der Waals surface area contributed by atoms with Crippen molar-refractivity contribution in [3.8, 4) is 17.2 Å². The lowest BCUT2D eigenvalue weighted by molar-refractivity contribution is -0.150. The van der Waals surface area contributed by atoms with Crippen molar-refractivity contribution >= 4 is 39.1 Å². The third-order valence-electron chi connectivity index (χ3n) is 8.05. The van der Waals surface area contributed by atoms with Gasteiger partial charge in [-0.2, -0.15) is 0 Å². The van der Waals surface area contributed by atoms with Crippen LogP contribution in [-0.4, -0.2) is 91.3 Å². The van der Waals surface area contributed by atoms with Gasteiger partial charge >= 0.3 is 0 Å². The second-order valence-corrected chi connectivity index (χ2v) is 12.8. The van der Waals surface area contributed by atoms with Crippen molar-refractivity contribution < 1.29 is 37.0 Å². The maximum atomic E-state index is 15.3. The second-order valence-electron chi connectivity index (χ2n) is 10.6. The van der Waals surface area contributed by atoms with Gasteiger partial charge in [0.1, 0.15) is 28.2 Å². The van der Waals surface area contributed by atoms with Gasteiger partial charge in [0.25, 0.3) is 15.9 Å². The number of fused-ring (bicyclic) bond motifs is 1. The lowest BCUT2D eigenvalue weighted by atomic mass is 9.79. The molecule has 2 atom stereocenters. The van der Waals surface area contributed by atoms with Crippen LogP contribution in [0.5, 0.6) is 17.2 Å². The van der Waals surface area contributed by atoms with Crippen molar-refractivity contribution in [1.82, 2.24) is 9.80 Å². The average molecular weight is 644 g/mol. The van der Waals surface area contributed by atoms with Crippen molar-refractivity contribution in [2.24, 2.45) is 0 Å². The highest BCUT2D eigenvalue weighted by Gasteiger charge is 2.63. The number of amides is 2. The number of methoxy groups -OCH3 is 3. The van der Waals surface area contributed by atoms with E-state index in [9.17, 15) is 13.2 Å². The van der Waals surface area contributed by atoms with E-state index in [2.05, 4.69) is 0 Å². The molecular formula is C31H34ClN3O8S. The summed E-state index contributed by atoms with van der Waals surface area (Å²) >= 11 is 6.71. The summed E-state index contributed by atoms with van der Waals surface area (Å²) in [5.74, 6) is -0.448. The Hall–Kier alpha value is -3.84. The molecule has 234 valence electrons. The van der Waals surface area contributed by atoms with Gasteiger partial charge in [0.2, 0.25) is 5.91 Å². The van der Waals surface area contributed by atoms with Crippen LogP contribution in [0.4, 0.5) is 5.69 Å². The van der Waals surface area contributed by atoms with Crippen LogP contribution in [0, 0.1) is 6.92 Å². The first-order chi connectivity index (χ1) is 20.9. The van der Waals surface area contributed by atoms with Crippen LogP contribution in [0.2, 0.25) is 5.02 Å². The maximum absolute atomic E-state index is 15.3. The zero-order valence-electron chi connectivity index (χ0n) is 25.3. The minimum absolute atomic E-state index is 0.00814. The molecule has 2 amide bonds. The topological polar surface area (TPSA) is 115 Å². The van der Waals surface area contributed by atoms with E-state index < -0.39 is 27.5 Å². The summed E-state index contributed by atoms with van der Waals surface area (Å²) in [7, 11) is 2.85. The van der Waals surface area contributed by atoms with E-state index in [1.165, 1.54) is 44.4 Å². The molecule has 2 aliphatic rings. The zero-order valence-corrected chi connectivity index (χ0v) is 26.9. The van der Waals surface area contributed by atoms with E-state index in [0.717, 1.165) is 4.31 Å². The number of likely N-dealkylation sites (N-methyl/N-ethyl adjacent to an activating group) is 1. The number of rotatable bonds is 8. The van der Waals surface area contributed by atoms with Crippen LogP contribution in [0.15, 0.2) is 59.5 Å². The molecule has 1 saturated heterocycles. The molecule has 44 heavy (non-hydrogen) atoms. The fourth-order valence-electron chi connectivity index (χ4n) is 5.96. The molecule has 5 rings (SSSR count). The molecule has 3 aromatic carbocycles. The Kier molecular flexibility index (Phi) is 8.56. The number of sulfonamides is 1. The molecule has 0 spiro atoms. The smallest absolute Gasteiger partial charge is 0.274 e. The number of ether oxygens (including phenoxy) is 4. The molecule has 1 fully saturated rings. The monoisotopic (exact) mass is 643 g/mol. The average Bonchev–Trinajstić information content (AvgIpc) is 3.27. The molecular weight excluding hydrogens is 610 g/mol. The molecule has 0 saturated carbocycles. The van der Waals surface area contributed by atoms with E-state index in [0.29, 0.717) is 27.6 Å². The normalized spacial score (nSPS) is 20.3. The minimum atomic E-state index is -4.62. The second kappa shape index (κ2) is 11.9. The summed E-state index contributed by atoms with van der Waals surface area (Å²) in [4.78, 5) is 31.9. The van der Waals surface area contributed by atoms with Crippen molar-refractivity contribution in [2.45, 2.75) is 23.4 Å². The Labute approximate surface area is 261 Å². The van der Waals surface area contributed by atoms with Crippen molar-refractivity contribution in [3.63, 3.8) is 0 Å². The van der Waals surface area contributed by atoms with Crippen molar-refractivity contribution in [2.75, 3.05) is 59.5 Å². The Morgan fingerprint density at radius 3 is 2.36 bits per heavy atom. The van der Waals surface area contributed by atoms with Gasteiger partial charge in [-0.3, -0.25) is 14.5 Å². The first kappa shape index (κ1) is 31.6. The number of carbonyl (C=O) groups is 2. The van der Waals surface area contributed by atoms with E-state index in [4.69, 9.17) is 30.5 Å². The van der Waals surface area contributed by atoms with Crippen LogP contribution in [0.1, 0.15) is 16.7 Å². The Bertz CT molecular complexity index is 1730. The number of hydrogen-bond acceptors (Lipinski definition) is 9. The quantitative estimate of drug-likeness (QED) is 0.364. The standard InChI is InChI=1S/C31H34ClN3O8S/c1-19-15-24-22(17-23(19)32)31(21-9-7-8-10-26(21)41-5,34-13-14-43-18-25(34)29(36)33(2)3)30(37)35(24)44(38,39)28-12-11-20(40-4)16-27(28)42-6/h7-12,15-17,25H,13-14,18H2,1-6H3. The van der Waals surface area contributed by atoms with Crippen LogP contribution in [0.3, 0.4) is 0 Å². The Morgan fingerprint density at radius 2 is 1.70 bits per heavy atom. The number of halogens is 1. The number of nitrogens with zero attached hydrogens (tertiary/aromatic N) is 3. The Balaban J connectivity index is 1.89. The van der Waals surface area contributed by atoms with Gasteiger partial charge in [-0.15, -0.1) is 0 Å². The largest absolute Gasteiger partial charge is 0.497 e. The molecule has 0 bridgehead atoms. The van der Waals surface area contributed by atoms with E-state index in [-0.39, 0.29) is 47.6 Å². The van der Waals surface area contributed by atoms with Crippen molar-refractivity contribution in [1.29, 1.82) is 0 Å². The van der Waals surface area contributed by atoms with Crippen LogP contribution >= 0.6 is 11.6 Å². The van der Waals surface area contributed by atoms with Crippen LogP contribution in [-0.2, 0) is 29.9 Å². The van der Waals surface area contributed by atoms with Gasteiger partial charge in [-0.25, -0.2) is 12.7 Å². The third-order valence-corrected chi connectivity index (χ3v) is 10.2. The van der Waals surface area contributed by atoms with E-state index in [1.54, 1.807) is 62.3 Å². The molecule has 11 nitrogen and oxygen atoms in total. The number of morpholine rings is 1. The first-order valence-electron chi connectivity index (χ1n) is 13.8. The number of aryl methyl sites for hydroxylation is 1. The lowest BCUT2D eigenvalue weighted by Gasteiger charge is -2.47.